The lowest BCUT2D eigenvalue weighted by atomic mass is 10.1. The van der Waals surface area contributed by atoms with Crippen LogP contribution >= 0.6 is 0 Å². The summed E-state index contributed by atoms with van der Waals surface area (Å²) < 4.78 is 2.40. The molecule has 0 saturated carbocycles. The zero-order valence-corrected chi connectivity index (χ0v) is 17.3. The molecule has 0 unspecified atom stereocenters. The van der Waals surface area contributed by atoms with Gasteiger partial charge in [-0.1, -0.05) is 64.5 Å². The molecule has 1 amide bonds. The van der Waals surface area contributed by atoms with Gasteiger partial charge in [0.15, 0.2) is 0 Å². The normalized spacial score (nSPS) is 11.2. The molecule has 0 aliphatic rings. The summed E-state index contributed by atoms with van der Waals surface area (Å²) in [5, 5.41) is 3.01. The monoisotopic (exact) mass is 371 g/mol. The molecule has 1 aromatic heterocycles. The molecule has 1 aromatic carbocycles. The molecule has 4 heteroatoms. The van der Waals surface area contributed by atoms with E-state index in [1.807, 2.05) is 6.92 Å². The summed E-state index contributed by atoms with van der Waals surface area (Å²) in [5.74, 6) is 1.32. The third-order valence-electron chi connectivity index (χ3n) is 5.10. The standard InChI is InChI=1S/C23H37N3O/c1-3-5-6-7-8-9-12-19-26-21-16-11-10-15-20(21)25-22(26)17-13-18-24-23(27)14-4-2/h10-11,15-16H,3-9,12-14,17-19H2,1-2H3,(H,24,27). The van der Waals surface area contributed by atoms with Crippen molar-refractivity contribution in [1.29, 1.82) is 0 Å². The van der Waals surface area contributed by atoms with Crippen molar-refractivity contribution in [2.45, 2.75) is 91.0 Å². The fraction of sp³-hybridized carbons (Fsp3) is 0.652. The number of benzene rings is 1. The van der Waals surface area contributed by atoms with Gasteiger partial charge in [0.1, 0.15) is 5.82 Å². The molecule has 150 valence electrons. The predicted octanol–water partition coefficient (Wildman–Crippen LogP) is 5.64. The van der Waals surface area contributed by atoms with Gasteiger partial charge in [0.25, 0.3) is 0 Å². The molecule has 0 aliphatic heterocycles. The molecule has 2 aromatic rings. The topological polar surface area (TPSA) is 46.9 Å². The molecular weight excluding hydrogens is 334 g/mol. The summed E-state index contributed by atoms with van der Waals surface area (Å²) in [7, 11) is 0. The average Bonchev–Trinajstić information content (AvgIpc) is 3.02. The second-order valence-corrected chi connectivity index (χ2v) is 7.49. The minimum Gasteiger partial charge on any atom is -0.356 e. The third kappa shape index (κ3) is 7.36. The van der Waals surface area contributed by atoms with E-state index < -0.39 is 0 Å². The first-order valence-electron chi connectivity index (χ1n) is 11.0. The Kier molecular flexibility index (Phi) is 9.96. The van der Waals surface area contributed by atoms with Crippen molar-refractivity contribution in [2.24, 2.45) is 0 Å². The van der Waals surface area contributed by atoms with E-state index in [0.29, 0.717) is 6.42 Å². The summed E-state index contributed by atoms with van der Waals surface area (Å²) in [5.41, 5.74) is 2.33. The SMILES string of the molecule is CCCCCCCCCn1c(CCCNC(=O)CCC)nc2ccccc21. The summed E-state index contributed by atoms with van der Waals surface area (Å²) in [4.78, 5) is 16.5. The van der Waals surface area contributed by atoms with Gasteiger partial charge >= 0.3 is 0 Å². The molecule has 27 heavy (non-hydrogen) atoms. The van der Waals surface area contributed by atoms with Crippen LogP contribution in [0.4, 0.5) is 0 Å². The molecule has 1 N–H and O–H groups in total. The van der Waals surface area contributed by atoms with E-state index in [4.69, 9.17) is 4.98 Å². The number of hydrogen-bond donors (Lipinski definition) is 1. The van der Waals surface area contributed by atoms with Crippen LogP contribution in [0.15, 0.2) is 24.3 Å². The van der Waals surface area contributed by atoms with Crippen LogP contribution in [-0.4, -0.2) is 22.0 Å². The van der Waals surface area contributed by atoms with Crippen molar-refractivity contribution in [1.82, 2.24) is 14.9 Å². The Hall–Kier alpha value is -1.84. The summed E-state index contributed by atoms with van der Waals surface area (Å²) in [6.07, 6.45) is 12.6. The van der Waals surface area contributed by atoms with Gasteiger partial charge in [-0.15, -0.1) is 0 Å². The van der Waals surface area contributed by atoms with Crippen LogP contribution in [0.25, 0.3) is 11.0 Å². The smallest absolute Gasteiger partial charge is 0.219 e. The van der Waals surface area contributed by atoms with Gasteiger partial charge in [-0.2, -0.15) is 0 Å². The number of para-hydroxylation sites is 2. The van der Waals surface area contributed by atoms with Crippen LogP contribution < -0.4 is 5.32 Å². The van der Waals surface area contributed by atoms with E-state index in [-0.39, 0.29) is 5.91 Å². The maximum absolute atomic E-state index is 11.6. The second-order valence-electron chi connectivity index (χ2n) is 7.49. The Bertz CT molecular complexity index is 677. The first-order chi connectivity index (χ1) is 13.3. The molecule has 0 saturated heterocycles. The van der Waals surface area contributed by atoms with E-state index in [1.54, 1.807) is 0 Å². The molecule has 0 spiro atoms. The second kappa shape index (κ2) is 12.5. The molecule has 0 aliphatic carbocycles. The average molecular weight is 372 g/mol. The zero-order chi connectivity index (χ0) is 19.3. The van der Waals surface area contributed by atoms with Gasteiger partial charge < -0.3 is 9.88 Å². The van der Waals surface area contributed by atoms with E-state index >= 15 is 0 Å². The van der Waals surface area contributed by atoms with Crippen molar-refractivity contribution < 1.29 is 4.79 Å². The summed E-state index contributed by atoms with van der Waals surface area (Å²) in [6, 6.07) is 8.43. The number of unbranched alkanes of at least 4 members (excludes halogenated alkanes) is 6. The molecule has 1 heterocycles. The van der Waals surface area contributed by atoms with Gasteiger partial charge in [0.2, 0.25) is 5.91 Å². The van der Waals surface area contributed by atoms with Gasteiger partial charge in [-0.25, -0.2) is 4.98 Å². The molecular formula is C23H37N3O. The van der Waals surface area contributed by atoms with Gasteiger partial charge in [-0.3, -0.25) is 4.79 Å². The number of amides is 1. The fourth-order valence-corrected chi connectivity index (χ4v) is 3.58. The number of nitrogens with one attached hydrogen (secondary N) is 1. The molecule has 0 radical (unpaired) electrons. The van der Waals surface area contributed by atoms with Gasteiger partial charge in [-0.05, 0) is 31.4 Å². The minimum atomic E-state index is 0.161. The molecule has 0 fully saturated rings. The highest BCUT2D eigenvalue weighted by Gasteiger charge is 2.10. The van der Waals surface area contributed by atoms with Gasteiger partial charge in [0.05, 0.1) is 11.0 Å². The Labute approximate surface area is 164 Å². The Morgan fingerprint density at radius 2 is 1.70 bits per heavy atom. The highest BCUT2D eigenvalue weighted by molar-refractivity contribution is 5.76. The van der Waals surface area contributed by atoms with E-state index in [0.717, 1.165) is 43.7 Å². The van der Waals surface area contributed by atoms with E-state index in [1.165, 1.54) is 50.5 Å². The molecule has 0 bridgehead atoms. The number of aryl methyl sites for hydroxylation is 2. The van der Waals surface area contributed by atoms with Crippen LogP contribution in [0.2, 0.25) is 0 Å². The zero-order valence-electron chi connectivity index (χ0n) is 17.3. The Balaban J connectivity index is 1.85. The number of carbonyl (C=O) groups excluding carboxylic acids is 1. The lowest BCUT2D eigenvalue weighted by molar-refractivity contribution is -0.121. The highest BCUT2D eigenvalue weighted by atomic mass is 16.1. The number of rotatable bonds is 14. The van der Waals surface area contributed by atoms with E-state index in [9.17, 15) is 4.79 Å². The fourth-order valence-electron chi connectivity index (χ4n) is 3.58. The first kappa shape index (κ1) is 21.5. The van der Waals surface area contributed by atoms with Crippen LogP contribution in [0, 0.1) is 0 Å². The molecule has 2 rings (SSSR count). The number of aromatic nitrogens is 2. The van der Waals surface area contributed by atoms with Crippen LogP contribution in [0.1, 0.15) is 83.9 Å². The lowest BCUT2D eigenvalue weighted by Crippen LogP contribution is -2.24. The number of nitrogens with zero attached hydrogens (tertiary/aromatic N) is 2. The number of imidazole rings is 1. The number of fused-ring (bicyclic) bond motifs is 1. The Morgan fingerprint density at radius 3 is 2.48 bits per heavy atom. The number of hydrogen-bond acceptors (Lipinski definition) is 2. The molecule has 0 atom stereocenters. The van der Waals surface area contributed by atoms with Crippen molar-refractivity contribution in [3.63, 3.8) is 0 Å². The summed E-state index contributed by atoms with van der Waals surface area (Å²) in [6.45, 7) is 6.08. The van der Waals surface area contributed by atoms with Crippen LogP contribution in [0.5, 0.6) is 0 Å². The van der Waals surface area contributed by atoms with Crippen molar-refractivity contribution in [2.75, 3.05) is 6.54 Å². The van der Waals surface area contributed by atoms with E-state index in [2.05, 4.69) is 41.1 Å². The quantitative estimate of drug-likeness (QED) is 0.437. The first-order valence-corrected chi connectivity index (χ1v) is 11.0. The minimum absolute atomic E-state index is 0.161. The van der Waals surface area contributed by atoms with Crippen LogP contribution in [0.3, 0.4) is 0 Å². The van der Waals surface area contributed by atoms with Crippen molar-refractivity contribution in [3.05, 3.63) is 30.1 Å². The maximum atomic E-state index is 11.6. The molecule has 4 nitrogen and oxygen atoms in total. The Morgan fingerprint density at radius 1 is 0.963 bits per heavy atom. The lowest BCUT2D eigenvalue weighted by Gasteiger charge is -2.10. The highest BCUT2D eigenvalue weighted by Crippen LogP contribution is 2.18. The predicted molar refractivity (Wildman–Crippen MR) is 114 cm³/mol. The van der Waals surface area contributed by atoms with Gasteiger partial charge in [0, 0.05) is 25.9 Å². The third-order valence-corrected chi connectivity index (χ3v) is 5.10. The number of carbonyl (C=O) groups is 1. The van der Waals surface area contributed by atoms with Crippen LogP contribution in [-0.2, 0) is 17.8 Å². The summed E-state index contributed by atoms with van der Waals surface area (Å²) >= 11 is 0. The van der Waals surface area contributed by atoms with Crippen molar-refractivity contribution >= 4 is 16.9 Å². The maximum Gasteiger partial charge on any atom is 0.219 e. The largest absolute Gasteiger partial charge is 0.356 e. The van der Waals surface area contributed by atoms with Crippen molar-refractivity contribution in [3.8, 4) is 0 Å².